The van der Waals surface area contributed by atoms with E-state index in [2.05, 4.69) is 11.3 Å². The topological polar surface area (TPSA) is 89.9 Å². The fourth-order valence-corrected chi connectivity index (χ4v) is 2.96. The number of benzene rings is 1. The van der Waals surface area contributed by atoms with E-state index in [4.69, 9.17) is 33.0 Å². The Labute approximate surface area is 154 Å². The van der Waals surface area contributed by atoms with Gasteiger partial charge in [0, 0.05) is 21.2 Å². The molecule has 8 heteroatoms. The van der Waals surface area contributed by atoms with Crippen molar-refractivity contribution in [3.05, 3.63) is 46.0 Å². The van der Waals surface area contributed by atoms with E-state index < -0.39 is 36.5 Å². The van der Waals surface area contributed by atoms with Gasteiger partial charge in [0.15, 0.2) is 6.61 Å². The van der Waals surface area contributed by atoms with Crippen molar-refractivity contribution in [2.75, 3.05) is 6.61 Å². The molecular formula is C17H16Cl2O6. The van der Waals surface area contributed by atoms with Crippen LogP contribution < -0.4 is 0 Å². The summed E-state index contributed by atoms with van der Waals surface area (Å²) in [5.74, 6) is -2.93. The third kappa shape index (κ3) is 4.74. The summed E-state index contributed by atoms with van der Waals surface area (Å²) < 4.78 is 10.0. The predicted octanol–water partition coefficient (Wildman–Crippen LogP) is 3.49. The molecule has 0 unspecified atom stereocenters. The molecule has 0 radical (unpaired) electrons. The van der Waals surface area contributed by atoms with Crippen LogP contribution in [0.25, 0.3) is 0 Å². The molecule has 6 nitrogen and oxygen atoms in total. The van der Waals surface area contributed by atoms with Crippen LogP contribution in [-0.2, 0) is 29.5 Å². The summed E-state index contributed by atoms with van der Waals surface area (Å²) in [7, 11) is 0. The van der Waals surface area contributed by atoms with Crippen LogP contribution in [0.2, 0.25) is 10.0 Å². The molecule has 0 spiro atoms. The summed E-state index contributed by atoms with van der Waals surface area (Å²) in [5.41, 5.74) is -0.428. The number of carboxylic acids is 1. The van der Waals surface area contributed by atoms with E-state index >= 15 is 0 Å². The maximum absolute atomic E-state index is 12.2. The second-order valence-corrected chi connectivity index (χ2v) is 6.54. The molecule has 1 N–H and O–H groups in total. The van der Waals surface area contributed by atoms with E-state index in [-0.39, 0.29) is 5.57 Å². The van der Waals surface area contributed by atoms with Gasteiger partial charge in [-0.05, 0) is 37.5 Å². The molecule has 1 fully saturated rings. The first-order chi connectivity index (χ1) is 11.7. The predicted molar refractivity (Wildman–Crippen MR) is 90.4 cm³/mol. The quantitative estimate of drug-likeness (QED) is 0.569. The van der Waals surface area contributed by atoms with Crippen LogP contribution in [-0.4, -0.2) is 29.6 Å². The Morgan fingerprint density at radius 2 is 1.92 bits per heavy atom. The molecule has 1 aliphatic carbocycles. The number of carbonyl (C=O) groups excluding carboxylic acids is 2. The number of esters is 2. The minimum atomic E-state index is -1.30. The van der Waals surface area contributed by atoms with Gasteiger partial charge >= 0.3 is 17.9 Å². The SMILES string of the molecule is C=C(CC(=O)OC1(c2cc(Cl)ccc2Cl)CCC1)C(=O)OCC(=O)O. The lowest BCUT2D eigenvalue weighted by atomic mass is 9.74. The molecule has 1 saturated carbocycles. The smallest absolute Gasteiger partial charge is 0.341 e. The van der Waals surface area contributed by atoms with Crippen molar-refractivity contribution in [1.29, 1.82) is 0 Å². The molecule has 1 aromatic rings. The normalized spacial score (nSPS) is 15.0. The van der Waals surface area contributed by atoms with Gasteiger partial charge in [-0.15, -0.1) is 0 Å². The van der Waals surface area contributed by atoms with Gasteiger partial charge in [-0.1, -0.05) is 29.8 Å². The summed E-state index contributed by atoms with van der Waals surface area (Å²) >= 11 is 12.2. The Kier molecular flexibility index (Phi) is 6.08. The van der Waals surface area contributed by atoms with Gasteiger partial charge < -0.3 is 14.6 Å². The highest BCUT2D eigenvalue weighted by Crippen LogP contribution is 2.48. The van der Waals surface area contributed by atoms with Gasteiger partial charge in [-0.25, -0.2) is 9.59 Å². The highest BCUT2D eigenvalue weighted by molar-refractivity contribution is 6.33. The highest BCUT2D eigenvalue weighted by Gasteiger charge is 2.44. The standard InChI is InChI=1S/C17H16Cl2O6/c1-10(16(23)24-9-14(20)21)7-15(22)25-17(5-2-6-17)12-8-11(18)3-4-13(12)19/h3-4,8H,1-2,5-7,9H2,(H,20,21). The van der Waals surface area contributed by atoms with Gasteiger partial charge in [0.1, 0.15) is 5.60 Å². The number of aliphatic carboxylic acids is 1. The zero-order valence-corrected chi connectivity index (χ0v) is 14.7. The van der Waals surface area contributed by atoms with Crippen molar-refractivity contribution in [3.8, 4) is 0 Å². The molecule has 0 saturated heterocycles. The Bertz CT molecular complexity index is 724. The van der Waals surface area contributed by atoms with Crippen LogP contribution in [0.4, 0.5) is 0 Å². The Hall–Kier alpha value is -2.05. The van der Waals surface area contributed by atoms with Crippen LogP contribution in [0.1, 0.15) is 31.2 Å². The third-order valence-electron chi connectivity index (χ3n) is 3.86. The molecule has 0 bridgehead atoms. The Morgan fingerprint density at radius 3 is 2.48 bits per heavy atom. The number of hydrogen-bond donors (Lipinski definition) is 1. The van der Waals surface area contributed by atoms with Crippen LogP contribution in [0.15, 0.2) is 30.4 Å². The maximum Gasteiger partial charge on any atom is 0.341 e. The first kappa shape index (κ1) is 19.3. The largest absolute Gasteiger partial charge is 0.479 e. The molecule has 134 valence electrons. The molecule has 25 heavy (non-hydrogen) atoms. The fraction of sp³-hybridized carbons (Fsp3) is 0.353. The minimum absolute atomic E-state index is 0.182. The van der Waals surface area contributed by atoms with E-state index in [9.17, 15) is 14.4 Å². The zero-order valence-electron chi connectivity index (χ0n) is 13.2. The molecule has 0 aliphatic heterocycles. The Morgan fingerprint density at radius 1 is 1.24 bits per heavy atom. The molecule has 0 atom stereocenters. The van der Waals surface area contributed by atoms with Gasteiger partial charge in [0.2, 0.25) is 0 Å². The van der Waals surface area contributed by atoms with Crippen molar-refractivity contribution in [3.63, 3.8) is 0 Å². The summed E-state index contributed by atoms with van der Waals surface area (Å²) in [4.78, 5) is 34.1. The zero-order chi connectivity index (χ0) is 18.6. The minimum Gasteiger partial charge on any atom is -0.479 e. The molecule has 1 aromatic carbocycles. The van der Waals surface area contributed by atoms with Crippen molar-refractivity contribution in [1.82, 2.24) is 0 Å². The van der Waals surface area contributed by atoms with Crippen LogP contribution in [0.5, 0.6) is 0 Å². The summed E-state index contributed by atoms with van der Waals surface area (Å²) in [6.07, 6.45) is 1.64. The van der Waals surface area contributed by atoms with Crippen LogP contribution >= 0.6 is 23.2 Å². The molecule has 1 aliphatic rings. The number of ether oxygens (including phenoxy) is 2. The molecule has 0 amide bonds. The number of rotatable bonds is 7. The summed E-state index contributed by atoms with van der Waals surface area (Å²) in [6.45, 7) is 2.64. The Balaban J connectivity index is 2.03. The fourth-order valence-electron chi connectivity index (χ4n) is 2.50. The lowest BCUT2D eigenvalue weighted by Crippen LogP contribution is -2.39. The first-order valence-corrected chi connectivity index (χ1v) is 8.23. The first-order valence-electron chi connectivity index (χ1n) is 7.47. The summed E-state index contributed by atoms with van der Waals surface area (Å²) in [5, 5.41) is 9.39. The average molecular weight is 387 g/mol. The van der Waals surface area contributed by atoms with Gasteiger partial charge in [-0.3, -0.25) is 4.79 Å². The number of halogens is 2. The van der Waals surface area contributed by atoms with Crippen LogP contribution in [0, 0.1) is 0 Å². The summed E-state index contributed by atoms with van der Waals surface area (Å²) in [6, 6.07) is 4.93. The van der Waals surface area contributed by atoms with Gasteiger partial charge in [0.05, 0.1) is 6.42 Å². The van der Waals surface area contributed by atoms with E-state index in [1.54, 1.807) is 18.2 Å². The van der Waals surface area contributed by atoms with E-state index in [1.165, 1.54) is 0 Å². The van der Waals surface area contributed by atoms with Gasteiger partial charge in [0.25, 0.3) is 0 Å². The lowest BCUT2D eigenvalue weighted by molar-refractivity contribution is -0.171. The van der Waals surface area contributed by atoms with Crippen molar-refractivity contribution in [2.24, 2.45) is 0 Å². The number of carbonyl (C=O) groups is 3. The van der Waals surface area contributed by atoms with Crippen molar-refractivity contribution < 1.29 is 29.0 Å². The molecule has 0 aromatic heterocycles. The second-order valence-electron chi connectivity index (χ2n) is 5.70. The third-order valence-corrected chi connectivity index (χ3v) is 4.43. The molecular weight excluding hydrogens is 371 g/mol. The lowest BCUT2D eigenvalue weighted by Gasteiger charge is -2.42. The van der Waals surface area contributed by atoms with Crippen molar-refractivity contribution >= 4 is 41.1 Å². The molecule has 2 rings (SSSR count). The molecule has 0 heterocycles. The van der Waals surface area contributed by atoms with E-state index in [0.717, 1.165) is 6.42 Å². The van der Waals surface area contributed by atoms with E-state index in [1.807, 2.05) is 0 Å². The maximum atomic E-state index is 12.2. The highest BCUT2D eigenvalue weighted by atomic mass is 35.5. The second kappa shape index (κ2) is 7.89. The monoisotopic (exact) mass is 386 g/mol. The van der Waals surface area contributed by atoms with E-state index in [0.29, 0.717) is 28.5 Å². The number of hydrogen-bond acceptors (Lipinski definition) is 5. The average Bonchev–Trinajstić information content (AvgIpc) is 2.51. The number of carboxylic acid groups (broad SMARTS) is 1. The van der Waals surface area contributed by atoms with Crippen LogP contribution in [0.3, 0.4) is 0 Å². The van der Waals surface area contributed by atoms with Gasteiger partial charge in [-0.2, -0.15) is 0 Å². The van der Waals surface area contributed by atoms with Crippen molar-refractivity contribution in [2.45, 2.75) is 31.3 Å².